The third-order valence-electron chi connectivity index (χ3n) is 2.73. The molecule has 19 heavy (non-hydrogen) atoms. The van der Waals surface area contributed by atoms with Crippen LogP contribution < -0.4 is 0 Å². The van der Waals surface area contributed by atoms with Gasteiger partial charge in [0.25, 0.3) is 0 Å². The highest BCUT2D eigenvalue weighted by atomic mass is 19.2. The van der Waals surface area contributed by atoms with Gasteiger partial charge in [0.1, 0.15) is 11.6 Å². The van der Waals surface area contributed by atoms with Gasteiger partial charge < -0.3 is 0 Å². The number of carbonyl (C=O) groups is 1. The predicted molar refractivity (Wildman–Crippen MR) is 66.1 cm³/mol. The molecule has 0 fully saturated rings. The van der Waals surface area contributed by atoms with Crippen LogP contribution in [0.5, 0.6) is 0 Å². The summed E-state index contributed by atoms with van der Waals surface area (Å²) < 4.78 is 39.5. The van der Waals surface area contributed by atoms with Crippen molar-refractivity contribution >= 4 is 5.78 Å². The number of benzene rings is 2. The Labute approximate surface area is 108 Å². The van der Waals surface area contributed by atoms with Crippen LogP contribution in [0.15, 0.2) is 36.4 Å². The van der Waals surface area contributed by atoms with E-state index in [4.69, 9.17) is 0 Å². The normalized spacial score (nSPS) is 10.5. The third-order valence-corrected chi connectivity index (χ3v) is 2.73. The number of hydrogen-bond acceptors (Lipinski definition) is 1. The highest BCUT2D eigenvalue weighted by Gasteiger charge is 2.11. The van der Waals surface area contributed by atoms with Crippen molar-refractivity contribution in [2.75, 3.05) is 0 Å². The summed E-state index contributed by atoms with van der Waals surface area (Å²) in [5.41, 5.74) is 1.22. The lowest BCUT2D eigenvalue weighted by Crippen LogP contribution is -1.96. The zero-order valence-electron chi connectivity index (χ0n) is 10.2. The molecular weight excluding hydrogens is 253 g/mol. The Morgan fingerprint density at radius 2 is 1.53 bits per heavy atom. The summed E-state index contributed by atoms with van der Waals surface area (Å²) in [6.07, 6.45) is 0.292. The van der Waals surface area contributed by atoms with Crippen LogP contribution in [0.4, 0.5) is 13.2 Å². The van der Waals surface area contributed by atoms with Gasteiger partial charge in [0.2, 0.25) is 0 Å². The van der Waals surface area contributed by atoms with Gasteiger partial charge in [-0.25, -0.2) is 13.2 Å². The molecule has 4 heteroatoms. The minimum atomic E-state index is -1.21. The molecule has 0 atom stereocenters. The number of halogens is 3. The van der Waals surface area contributed by atoms with Crippen molar-refractivity contribution in [3.05, 3.63) is 59.4 Å². The predicted octanol–water partition coefficient (Wildman–Crippen LogP) is 3.90. The number of ketones is 1. The second-order valence-electron chi connectivity index (χ2n) is 4.32. The Balaban J connectivity index is 2.37. The SMILES string of the molecule is CC(=O)Cc1ccc(-c2cc(F)c(F)cc2F)cc1. The van der Waals surface area contributed by atoms with Gasteiger partial charge in [-0.2, -0.15) is 0 Å². The molecule has 2 aromatic rings. The Hall–Kier alpha value is -2.10. The molecule has 0 aliphatic heterocycles. The molecule has 0 spiro atoms. The summed E-state index contributed by atoms with van der Waals surface area (Å²) in [6.45, 7) is 1.48. The smallest absolute Gasteiger partial charge is 0.161 e. The molecule has 0 aromatic heterocycles. The van der Waals surface area contributed by atoms with E-state index in [0.717, 1.165) is 11.6 Å². The maximum absolute atomic E-state index is 13.6. The summed E-state index contributed by atoms with van der Waals surface area (Å²) in [4.78, 5) is 11.0. The molecule has 0 heterocycles. The van der Waals surface area contributed by atoms with Crippen LogP contribution >= 0.6 is 0 Å². The fourth-order valence-electron chi connectivity index (χ4n) is 1.83. The van der Waals surface area contributed by atoms with Crippen molar-refractivity contribution in [1.29, 1.82) is 0 Å². The van der Waals surface area contributed by atoms with Crippen LogP contribution in [0.25, 0.3) is 11.1 Å². The number of carbonyl (C=O) groups excluding carboxylic acids is 1. The number of rotatable bonds is 3. The van der Waals surface area contributed by atoms with Crippen LogP contribution in [0.3, 0.4) is 0 Å². The van der Waals surface area contributed by atoms with E-state index in [1.54, 1.807) is 24.3 Å². The Morgan fingerprint density at radius 3 is 2.11 bits per heavy atom. The fraction of sp³-hybridized carbons (Fsp3) is 0.133. The van der Waals surface area contributed by atoms with Crippen molar-refractivity contribution in [3.8, 4) is 11.1 Å². The van der Waals surface area contributed by atoms with Gasteiger partial charge in [-0.3, -0.25) is 4.79 Å². The minimum Gasteiger partial charge on any atom is -0.300 e. The van der Waals surface area contributed by atoms with Crippen molar-refractivity contribution in [2.24, 2.45) is 0 Å². The maximum atomic E-state index is 13.6. The summed E-state index contributed by atoms with van der Waals surface area (Å²) in [7, 11) is 0. The third kappa shape index (κ3) is 3.02. The molecule has 0 amide bonds. The van der Waals surface area contributed by atoms with E-state index < -0.39 is 17.5 Å². The molecule has 2 rings (SSSR count). The lowest BCUT2D eigenvalue weighted by atomic mass is 10.0. The average molecular weight is 264 g/mol. The Bertz CT molecular complexity index is 618. The number of hydrogen-bond donors (Lipinski definition) is 0. The zero-order valence-corrected chi connectivity index (χ0v) is 10.2. The van der Waals surface area contributed by atoms with Crippen molar-refractivity contribution < 1.29 is 18.0 Å². The van der Waals surface area contributed by atoms with Gasteiger partial charge >= 0.3 is 0 Å². The van der Waals surface area contributed by atoms with E-state index >= 15 is 0 Å². The Kier molecular flexibility index (Phi) is 3.69. The van der Waals surface area contributed by atoms with Gasteiger partial charge in [0.15, 0.2) is 11.6 Å². The quantitative estimate of drug-likeness (QED) is 0.768. The molecule has 0 saturated heterocycles. The van der Waals surface area contributed by atoms with Gasteiger partial charge in [0, 0.05) is 18.1 Å². The monoisotopic (exact) mass is 264 g/mol. The van der Waals surface area contributed by atoms with E-state index in [0.29, 0.717) is 18.1 Å². The largest absolute Gasteiger partial charge is 0.300 e. The molecule has 0 saturated carbocycles. The van der Waals surface area contributed by atoms with Gasteiger partial charge in [-0.05, 0) is 24.1 Å². The highest BCUT2D eigenvalue weighted by molar-refractivity contribution is 5.78. The second kappa shape index (κ2) is 5.26. The molecule has 0 radical (unpaired) electrons. The standard InChI is InChI=1S/C15H11F3O/c1-9(19)6-10-2-4-11(5-3-10)12-7-14(17)15(18)8-13(12)16/h2-5,7-8H,6H2,1H3. The van der Waals surface area contributed by atoms with Crippen LogP contribution in [0, 0.1) is 17.5 Å². The fourth-order valence-corrected chi connectivity index (χ4v) is 1.83. The first-order valence-corrected chi connectivity index (χ1v) is 5.70. The average Bonchev–Trinajstić information content (AvgIpc) is 2.34. The van der Waals surface area contributed by atoms with Gasteiger partial charge in [-0.15, -0.1) is 0 Å². The van der Waals surface area contributed by atoms with E-state index in [1.165, 1.54) is 6.92 Å². The minimum absolute atomic E-state index is 0.00623. The molecule has 0 N–H and O–H groups in total. The van der Waals surface area contributed by atoms with Crippen molar-refractivity contribution in [2.45, 2.75) is 13.3 Å². The van der Waals surface area contributed by atoms with Crippen LogP contribution in [0.2, 0.25) is 0 Å². The first kappa shape index (κ1) is 13.3. The van der Waals surface area contributed by atoms with Gasteiger partial charge in [-0.1, -0.05) is 24.3 Å². The zero-order chi connectivity index (χ0) is 14.0. The molecule has 0 aliphatic carbocycles. The first-order chi connectivity index (χ1) is 8.97. The molecular formula is C15H11F3O. The van der Waals surface area contributed by atoms with Gasteiger partial charge in [0.05, 0.1) is 0 Å². The van der Waals surface area contributed by atoms with Crippen molar-refractivity contribution in [3.63, 3.8) is 0 Å². The Morgan fingerprint density at radius 1 is 0.947 bits per heavy atom. The second-order valence-corrected chi connectivity index (χ2v) is 4.32. The topological polar surface area (TPSA) is 17.1 Å². The molecule has 0 bridgehead atoms. The van der Waals surface area contributed by atoms with E-state index in [-0.39, 0.29) is 11.3 Å². The summed E-state index contributed by atoms with van der Waals surface area (Å²) in [6, 6.07) is 7.83. The summed E-state index contributed by atoms with van der Waals surface area (Å²) in [5, 5.41) is 0. The van der Waals surface area contributed by atoms with Crippen LogP contribution in [0.1, 0.15) is 12.5 Å². The maximum Gasteiger partial charge on any atom is 0.161 e. The lowest BCUT2D eigenvalue weighted by Gasteiger charge is -2.06. The molecule has 98 valence electrons. The molecule has 1 nitrogen and oxygen atoms in total. The van der Waals surface area contributed by atoms with Crippen LogP contribution in [-0.2, 0) is 11.2 Å². The summed E-state index contributed by atoms with van der Waals surface area (Å²) in [5.74, 6) is -3.11. The highest BCUT2D eigenvalue weighted by Crippen LogP contribution is 2.25. The van der Waals surface area contributed by atoms with E-state index in [9.17, 15) is 18.0 Å². The molecule has 0 aliphatic rings. The van der Waals surface area contributed by atoms with E-state index in [2.05, 4.69) is 0 Å². The molecule has 0 unspecified atom stereocenters. The first-order valence-electron chi connectivity index (χ1n) is 5.70. The summed E-state index contributed by atoms with van der Waals surface area (Å²) >= 11 is 0. The molecule has 2 aromatic carbocycles. The lowest BCUT2D eigenvalue weighted by molar-refractivity contribution is -0.116. The number of Topliss-reactive ketones (excluding diaryl/α,β-unsaturated/α-hetero) is 1. The van der Waals surface area contributed by atoms with E-state index in [1.807, 2.05) is 0 Å². The van der Waals surface area contributed by atoms with Crippen molar-refractivity contribution in [1.82, 2.24) is 0 Å². The van der Waals surface area contributed by atoms with Crippen LogP contribution in [-0.4, -0.2) is 5.78 Å².